The molecule has 1 aromatic carbocycles. The molecular weight excluding hydrogens is 260 g/mol. The number of carbonyl (C=O) groups is 2. The predicted molar refractivity (Wildman–Crippen MR) is 72.4 cm³/mol. The summed E-state index contributed by atoms with van der Waals surface area (Å²) in [6.45, 7) is 2.30. The highest BCUT2D eigenvalue weighted by atomic mass is 16.5. The third-order valence-electron chi connectivity index (χ3n) is 3.68. The summed E-state index contributed by atoms with van der Waals surface area (Å²) in [5, 5.41) is 9.18. The van der Waals surface area contributed by atoms with Crippen molar-refractivity contribution in [1.82, 2.24) is 4.90 Å². The summed E-state index contributed by atoms with van der Waals surface area (Å²) < 4.78 is 5.47. The van der Waals surface area contributed by atoms with Crippen LogP contribution in [0.5, 0.6) is 5.75 Å². The maximum atomic E-state index is 12.5. The molecule has 0 aromatic heterocycles. The van der Waals surface area contributed by atoms with Crippen LogP contribution >= 0.6 is 0 Å². The summed E-state index contributed by atoms with van der Waals surface area (Å²) in [6.07, 6.45) is 2.05. The van der Waals surface area contributed by atoms with Crippen molar-refractivity contribution in [1.29, 1.82) is 0 Å². The van der Waals surface area contributed by atoms with Crippen molar-refractivity contribution in [2.75, 3.05) is 31.1 Å². The SMILES string of the molecule is O=C(O)c1cccc2c1OCCN2C(=O)N1CCCC1. The number of hydrogen-bond donors (Lipinski definition) is 1. The Balaban J connectivity index is 1.95. The number of amides is 2. The molecule has 1 saturated heterocycles. The molecule has 0 aliphatic carbocycles. The molecule has 106 valence electrons. The van der Waals surface area contributed by atoms with Crippen LogP contribution in [0.15, 0.2) is 18.2 Å². The van der Waals surface area contributed by atoms with E-state index in [1.165, 1.54) is 6.07 Å². The molecule has 20 heavy (non-hydrogen) atoms. The summed E-state index contributed by atoms with van der Waals surface area (Å²) in [4.78, 5) is 27.1. The van der Waals surface area contributed by atoms with E-state index in [1.54, 1.807) is 17.0 Å². The fourth-order valence-electron chi connectivity index (χ4n) is 2.69. The number of carboxylic acid groups (broad SMARTS) is 1. The van der Waals surface area contributed by atoms with Gasteiger partial charge < -0.3 is 14.7 Å². The number of urea groups is 1. The minimum absolute atomic E-state index is 0.0606. The van der Waals surface area contributed by atoms with Crippen LogP contribution in [-0.2, 0) is 0 Å². The number of para-hydroxylation sites is 1. The van der Waals surface area contributed by atoms with Gasteiger partial charge in [0.15, 0.2) is 5.75 Å². The van der Waals surface area contributed by atoms with Gasteiger partial charge in [0, 0.05) is 13.1 Å². The Morgan fingerprint density at radius 1 is 1.15 bits per heavy atom. The van der Waals surface area contributed by atoms with Gasteiger partial charge in [0.2, 0.25) is 0 Å². The molecule has 0 radical (unpaired) electrons. The van der Waals surface area contributed by atoms with Crippen LogP contribution in [0.1, 0.15) is 23.2 Å². The predicted octanol–water partition coefficient (Wildman–Crippen LogP) is 1.80. The van der Waals surface area contributed by atoms with E-state index < -0.39 is 5.97 Å². The molecule has 3 rings (SSSR count). The maximum Gasteiger partial charge on any atom is 0.339 e. The van der Waals surface area contributed by atoms with E-state index in [2.05, 4.69) is 0 Å². The third kappa shape index (κ3) is 2.07. The second-order valence-electron chi connectivity index (χ2n) is 4.94. The van der Waals surface area contributed by atoms with Crippen LogP contribution in [0.3, 0.4) is 0 Å². The Bertz CT molecular complexity index is 552. The first-order valence-electron chi connectivity index (χ1n) is 6.74. The molecular formula is C14H16N2O4. The van der Waals surface area contributed by atoms with Crippen molar-refractivity contribution in [3.63, 3.8) is 0 Å². The zero-order chi connectivity index (χ0) is 14.1. The molecule has 0 unspecified atom stereocenters. The van der Waals surface area contributed by atoms with Crippen molar-refractivity contribution in [3.05, 3.63) is 23.8 Å². The highest BCUT2D eigenvalue weighted by molar-refractivity contribution is 5.99. The van der Waals surface area contributed by atoms with Crippen molar-refractivity contribution < 1.29 is 19.4 Å². The van der Waals surface area contributed by atoms with E-state index >= 15 is 0 Å². The van der Waals surface area contributed by atoms with Crippen LogP contribution in [0.25, 0.3) is 0 Å². The molecule has 0 spiro atoms. The minimum atomic E-state index is -1.04. The van der Waals surface area contributed by atoms with Gasteiger partial charge in [-0.2, -0.15) is 0 Å². The number of anilines is 1. The van der Waals surface area contributed by atoms with Crippen molar-refractivity contribution in [2.24, 2.45) is 0 Å². The van der Waals surface area contributed by atoms with Crippen molar-refractivity contribution in [2.45, 2.75) is 12.8 Å². The molecule has 2 aliphatic rings. The van der Waals surface area contributed by atoms with Crippen LogP contribution in [0.2, 0.25) is 0 Å². The zero-order valence-corrected chi connectivity index (χ0v) is 11.0. The number of carbonyl (C=O) groups excluding carboxylic acids is 1. The fraction of sp³-hybridized carbons (Fsp3) is 0.429. The lowest BCUT2D eigenvalue weighted by Crippen LogP contribution is -2.45. The normalized spacial score (nSPS) is 17.6. The van der Waals surface area contributed by atoms with Gasteiger partial charge in [0.25, 0.3) is 0 Å². The first-order valence-corrected chi connectivity index (χ1v) is 6.74. The maximum absolute atomic E-state index is 12.5. The van der Waals surface area contributed by atoms with Crippen molar-refractivity contribution in [3.8, 4) is 5.75 Å². The standard InChI is InChI=1S/C14H16N2O4/c17-13(18)10-4-3-5-11-12(10)20-9-8-16(11)14(19)15-6-1-2-7-15/h3-5H,1-2,6-9H2,(H,17,18). The zero-order valence-electron chi connectivity index (χ0n) is 11.0. The first-order chi connectivity index (χ1) is 9.68. The number of hydrogen-bond acceptors (Lipinski definition) is 3. The second kappa shape index (κ2) is 5.03. The highest BCUT2D eigenvalue weighted by Crippen LogP contribution is 2.35. The Hall–Kier alpha value is -2.24. The summed E-state index contributed by atoms with van der Waals surface area (Å²) >= 11 is 0. The van der Waals surface area contributed by atoms with Gasteiger partial charge in [0.05, 0.1) is 12.2 Å². The number of fused-ring (bicyclic) bond motifs is 1. The van der Waals surface area contributed by atoms with Gasteiger partial charge in [-0.3, -0.25) is 4.90 Å². The van der Waals surface area contributed by atoms with E-state index in [1.807, 2.05) is 4.90 Å². The summed E-state index contributed by atoms with van der Waals surface area (Å²) in [5.41, 5.74) is 0.648. The van der Waals surface area contributed by atoms with Gasteiger partial charge in [-0.05, 0) is 25.0 Å². The number of nitrogens with zero attached hydrogens (tertiary/aromatic N) is 2. The first kappa shape index (κ1) is 12.8. The summed E-state index contributed by atoms with van der Waals surface area (Å²) in [7, 11) is 0. The number of likely N-dealkylation sites (tertiary alicyclic amines) is 1. The van der Waals surface area contributed by atoms with Gasteiger partial charge >= 0.3 is 12.0 Å². The van der Waals surface area contributed by atoms with Gasteiger partial charge in [0.1, 0.15) is 12.2 Å². The van der Waals surface area contributed by atoms with E-state index in [9.17, 15) is 14.7 Å². The number of carboxylic acids is 1. The highest BCUT2D eigenvalue weighted by Gasteiger charge is 2.31. The van der Waals surface area contributed by atoms with E-state index in [0.717, 1.165) is 25.9 Å². The quantitative estimate of drug-likeness (QED) is 0.849. The average Bonchev–Trinajstić information content (AvgIpc) is 2.99. The molecule has 0 bridgehead atoms. The summed E-state index contributed by atoms with van der Waals surface area (Å²) in [5.74, 6) is -0.754. The van der Waals surface area contributed by atoms with Gasteiger partial charge in [-0.25, -0.2) is 9.59 Å². The molecule has 2 heterocycles. The second-order valence-corrected chi connectivity index (χ2v) is 4.94. The van der Waals surface area contributed by atoms with E-state index in [4.69, 9.17) is 4.74 Å². The lowest BCUT2D eigenvalue weighted by molar-refractivity contribution is 0.0691. The van der Waals surface area contributed by atoms with Gasteiger partial charge in [-0.15, -0.1) is 0 Å². The number of benzene rings is 1. The topological polar surface area (TPSA) is 70.1 Å². The molecule has 0 saturated carbocycles. The molecule has 1 aromatic rings. The number of ether oxygens (including phenoxy) is 1. The largest absolute Gasteiger partial charge is 0.489 e. The average molecular weight is 276 g/mol. The molecule has 6 heteroatoms. The molecule has 1 fully saturated rings. The monoisotopic (exact) mass is 276 g/mol. The Kier molecular flexibility index (Phi) is 3.22. The Labute approximate surface area is 116 Å². The molecule has 1 N–H and O–H groups in total. The molecule has 6 nitrogen and oxygen atoms in total. The van der Waals surface area contributed by atoms with E-state index in [0.29, 0.717) is 24.6 Å². The van der Waals surface area contributed by atoms with Crippen LogP contribution in [0.4, 0.5) is 10.5 Å². The Morgan fingerprint density at radius 2 is 1.90 bits per heavy atom. The fourth-order valence-corrected chi connectivity index (χ4v) is 2.69. The van der Waals surface area contributed by atoms with Crippen LogP contribution < -0.4 is 9.64 Å². The molecule has 2 aliphatic heterocycles. The van der Waals surface area contributed by atoms with Crippen molar-refractivity contribution >= 4 is 17.7 Å². The Morgan fingerprint density at radius 3 is 2.60 bits per heavy atom. The number of rotatable bonds is 1. The van der Waals surface area contributed by atoms with Crippen LogP contribution in [-0.4, -0.2) is 48.2 Å². The molecule has 0 atom stereocenters. The smallest absolute Gasteiger partial charge is 0.339 e. The van der Waals surface area contributed by atoms with E-state index in [-0.39, 0.29) is 11.6 Å². The lowest BCUT2D eigenvalue weighted by atomic mass is 10.1. The minimum Gasteiger partial charge on any atom is -0.489 e. The number of aromatic carboxylic acids is 1. The van der Waals surface area contributed by atoms with Crippen LogP contribution in [0, 0.1) is 0 Å². The third-order valence-corrected chi connectivity index (χ3v) is 3.68. The summed E-state index contributed by atoms with van der Waals surface area (Å²) in [6, 6.07) is 4.80. The van der Waals surface area contributed by atoms with Gasteiger partial charge in [-0.1, -0.05) is 6.07 Å². The molecule has 2 amide bonds. The lowest BCUT2D eigenvalue weighted by Gasteiger charge is -2.33.